The van der Waals surface area contributed by atoms with Crippen molar-refractivity contribution in [3.8, 4) is 0 Å². The molecule has 17 heavy (non-hydrogen) atoms. The summed E-state index contributed by atoms with van der Waals surface area (Å²) in [6.45, 7) is 0. The van der Waals surface area contributed by atoms with E-state index >= 15 is 0 Å². The maximum atomic E-state index is 10.9. The SMILES string of the molecule is O=C(OO)OC1CCCCCCCCCCC1. The van der Waals surface area contributed by atoms with Gasteiger partial charge >= 0.3 is 6.16 Å². The number of ether oxygens (including phenoxy) is 1. The average Bonchev–Trinajstić information content (AvgIpc) is 2.32. The standard InChI is InChI=1S/C13H24O4/c14-13(17-15)16-12-10-8-6-4-2-1-3-5-7-9-11-12/h12,15H,1-11H2. The summed E-state index contributed by atoms with van der Waals surface area (Å²) in [6.07, 6.45) is 11.8. The first-order valence-electron chi connectivity index (χ1n) is 6.85. The van der Waals surface area contributed by atoms with E-state index in [2.05, 4.69) is 4.89 Å². The van der Waals surface area contributed by atoms with Crippen molar-refractivity contribution in [2.24, 2.45) is 0 Å². The van der Waals surface area contributed by atoms with E-state index in [1.54, 1.807) is 0 Å². The van der Waals surface area contributed by atoms with Gasteiger partial charge in [-0.2, -0.15) is 5.26 Å². The summed E-state index contributed by atoms with van der Waals surface area (Å²) in [5, 5.41) is 8.20. The highest BCUT2D eigenvalue weighted by Crippen LogP contribution is 2.19. The van der Waals surface area contributed by atoms with E-state index in [1.807, 2.05) is 0 Å². The predicted octanol–water partition coefficient (Wildman–Crippen LogP) is 4.29. The maximum Gasteiger partial charge on any atom is 0.540 e. The zero-order valence-corrected chi connectivity index (χ0v) is 10.5. The predicted molar refractivity (Wildman–Crippen MR) is 64.8 cm³/mol. The van der Waals surface area contributed by atoms with Crippen molar-refractivity contribution in [1.82, 2.24) is 0 Å². The Labute approximate surface area is 103 Å². The van der Waals surface area contributed by atoms with Gasteiger partial charge in [-0.3, -0.25) is 4.89 Å². The molecule has 0 spiro atoms. The molecule has 0 radical (unpaired) electrons. The molecule has 0 amide bonds. The minimum absolute atomic E-state index is 0.0888. The fourth-order valence-electron chi connectivity index (χ4n) is 2.40. The fraction of sp³-hybridized carbons (Fsp3) is 0.923. The van der Waals surface area contributed by atoms with Crippen LogP contribution in [0.25, 0.3) is 0 Å². The molecule has 1 N–H and O–H groups in total. The highest BCUT2D eigenvalue weighted by molar-refractivity contribution is 5.59. The molecule has 0 bridgehead atoms. The second-order valence-electron chi connectivity index (χ2n) is 4.84. The third-order valence-corrected chi connectivity index (χ3v) is 3.39. The molecule has 1 aliphatic carbocycles. The Morgan fingerprint density at radius 3 is 1.65 bits per heavy atom. The molecule has 0 saturated heterocycles. The summed E-state index contributed by atoms with van der Waals surface area (Å²) in [5.74, 6) is 0. The molecule has 100 valence electrons. The Kier molecular flexibility index (Phi) is 7.80. The van der Waals surface area contributed by atoms with Crippen LogP contribution in [-0.4, -0.2) is 17.5 Å². The number of hydrogen-bond acceptors (Lipinski definition) is 4. The molecular formula is C13H24O4. The highest BCUT2D eigenvalue weighted by atomic mass is 17.1. The van der Waals surface area contributed by atoms with Gasteiger partial charge in [-0.25, -0.2) is 4.79 Å². The van der Waals surface area contributed by atoms with Crippen LogP contribution in [0.2, 0.25) is 0 Å². The van der Waals surface area contributed by atoms with Crippen molar-refractivity contribution in [2.75, 3.05) is 0 Å². The molecule has 0 atom stereocenters. The van der Waals surface area contributed by atoms with Crippen LogP contribution in [0.3, 0.4) is 0 Å². The topological polar surface area (TPSA) is 55.8 Å². The van der Waals surface area contributed by atoms with Crippen LogP contribution in [0.4, 0.5) is 4.79 Å². The van der Waals surface area contributed by atoms with E-state index in [0.717, 1.165) is 25.7 Å². The largest absolute Gasteiger partial charge is 0.540 e. The highest BCUT2D eigenvalue weighted by Gasteiger charge is 2.15. The lowest BCUT2D eigenvalue weighted by Gasteiger charge is -2.17. The molecule has 1 rings (SSSR count). The molecule has 1 fully saturated rings. The first-order chi connectivity index (χ1) is 8.33. The summed E-state index contributed by atoms with van der Waals surface area (Å²) >= 11 is 0. The molecule has 0 aromatic heterocycles. The molecule has 4 nitrogen and oxygen atoms in total. The molecule has 0 aromatic carbocycles. The smallest absolute Gasteiger partial charge is 0.429 e. The van der Waals surface area contributed by atoms with Crippen LogP contribution in [-0.2, 0) is 9.62 Å². The quantitative estimate of drug-likeness (QED) is 0.425. The van der Waals surface area contributed by atoms with Gasteiger partial charge in [0, 0.05) is 0 Å². The lowest BCUT2D eigenvalue weighted by Crippen LogP contribution is -2.18. The lowest BCUT2D eigenvalue weighted by molar-refractivity contribution is -0.205. The van der Waals surface area contributed by atoms with Crippen LogP contribution in [0.15, 0.2) is 0 Å². The van der Waals surface area contributed by atoms with Crippen molar-refractivity contribution in [1.29, 1.82) is 0 Å². The summed E-state index contributed by atoms with van der Waals surface area (Å²) in [5.41, 5.74) is 0. The number of carbonyl (C=O) groups excluding carboxylic acids is 1. The van der Waals surface area contributed by atoms with Gasteiger partial charge in [-0.15, -0.1) is 0 Å². The second kappa shape index (κ2) is 9.28. The number of carbonyl (C=O) groups is 1. The van der Waals surface area contributed by atoms with E-state index in [9.17, 15) is 4.79 Å². The molecule has 0 aliphatic heterocycles. The van der Waals surface area contributed by atoms with Gasteiger partial charge in [0.15, 0.2) is 0 Å². The van der Waals surface area contributed by atoms with Crippen LogP contribution in [0.5, 0.6) is 0 Å². The van der Waals surface area contributed by atoms with Gasteiger partial charge < -0.3 is 4.74 Å². The van der Waals surface area contributed by atoms with Gasteiger partial charge in [0.2, 0.25) is 0 Å². The molecular weight excluding hydrogens is 220 g/mol. The molecule has 0 aromatic rings. The second-order valence-corrected chi connectivity index (χ2v) is 4.84. The summed E-state index contributed by atoms with van der Waals surface area (Å²) in [7, 11) is 0. The summed E-state index contributed by atoms with van der Waals surface area (Å²) in [6, 6.07) is 0. The lowest BCUT2D eigenvalue weighted by atomic mass is 9.99. The van der Waals surface area contributed by atoms with Gasteiger partial charge in [0.1, 0.15) is 6.10 Å². The van der Waals surface area contributed by atoms with Crippen LogP contribution >= 0.6 is 0 Å². The van der Waals surface area contributed by atoms with E-state index < -0.39 is 6.16 Å². The van der Waals surface area contributed by atoms with Crippen LogP contribution in [0.1, 0.15) is 70.6 Å². The third-order valence-electron chi connectivity index (χ3n) is 3.39. The average molecular weight is 244 g/mol. The van der Waals surface area contributed by atoms with Crippen molar-refractivity contribution in [3.05, 3.63) is 0 Å². The normalized spacial score (nSPS) is 21.0. The van der Waals surface area contributed by atoms with Gasteiger partial charge in [-0.05, 0) is 25.7 Å². The van der Waals surface area contributed by atoms with Crippen molar-refractivity contribution in [2.45, 2.75) is 76.7 Å². The van der Waals surface area contributed by atoms with E-state index in [4.69, 9.17) is 9.99 Å². The number of hydrogen-bond donors (Lipinski definition) is 1. The Balaban J connectivity index is 2.29. The first kappa shape index (κ1) is 14.3. The first-order valence-corrected chi connectivity index (χ1v) is 6.85. The summed E-state index contributed by atoms with van der Waals surface area (Å²) in [4.78, 5) is 14.4. The zero-order chi connectivity index (χ0) is 12.3. The van der Waals surface area contributed by atoms with Gasteiger partial charge in [0.25, 0.3) is 0 Å². The minimum atomic E-state index is -0.970. The van der Waals surface area contributed by atoms with E-state index in [-0.39, 0.29) is 6.10 Å². The van der Waals surface area contributed by atoms with E-state index in [0.29, 0.717) is 0 Å². The monoisotopic (exact) mass is 244 g/mol. The summed E-state index contributed by atoms with van der Waals surface area (Å²) < 4.78 is 5.03. The van der Waals surface area contributed by atoms with Crippen LogP contribution in [0, 0.1) is 0 Å². The van der Waals surface area contributed by atoms with Crippen molar-refractivity contribution >= 4 is 6.16 Å². The Hall–Kier alpha value is -0.770. The molecule has 1 saturated carbocycles. The Morgan fingerprint density at radius 2 is 1.24 bits per heavy atom. The van der Waals surface area contributed by atoms with Gasteiger partial charge in [-0.1, -0.05) is 44.9 Å². The minimum Gasteiger partial charge on any atom is -0.429 e. The van der Waals surface area contributed by atoms with Gasteiger partial charge in [0.05, 0.1) is 0 Å². The fourth-order valence-corrected chi connectivity index (χ4v) is 2.40. The third kappa shape index (κ3) is 7.21. The zero-order valence-electron chi connectivity index (χ0n) is 10.5. The van der Waals surface area contributed by atoms with E-state index in [1.165, 1.54) is 44.9 Å². The Morgan fingerprint density at radius 1 is 0.824 bits per heavy atom. The number of rotatable bonds is 1. The van der Waals surface area contributed by atoms with Crippen molar-refractivity contribution < 1.29 is 19.7 Å². The molecule has 1 aliphatic rings. The van der Waals surface area contributed by atoms with Crippen LogP contribution < -0.4 is 0 Å². The molecule has 0 heterocycles. The maximum absolute atomic E-state index is 10.9. The molecule has 4 heteroatoms. The van der Waals surface area contributed by atoms with Crippen molar-refractivity contribution in [3.63, 3.8) is 0 Å². The Bertz CT molecular complexity index is 194. The molecule has 0 unspecified atom stereocenters.